The molecule has 0 fully saturated rings. The fraction of sp³-hybridized carbons (Fsp3) is 0.455. The van der Waals surface area contributed by atoms with Crippen LogP contribution in [0.3, 0.4) is 0 Å². The zero-order chi connectivity index (χ0) is 12.0. The van der Waals surface area contributed by atoms with Crippen molar-refractivity contribution in [3.8, 4) is 6.07 Å². The van der Waals surface area contributed by atoms with E-state index in [1.807, 2.05) is 19.1 Å². The third-order valence-electron chi connectivity index (χ3n) is 2.15. The average Bonchev–Trinajstić information content (AvgIpc) is 2.27. The van der Waals surface area contributed by atoms with Gasteiger partial charge in [-0.25, -0.2) is 4.98 Å². The molecule has 0 bridgehead atoms. The van der Waals surface area contributed by atoms with Crippen LogP contribution < -0.4 is 5.32 Å². The first-order valence-corrected chi connectivity index (χ1v) is 6.78. The minimum Gasteiger partial charge on any atom is -0.380 e. The van der Waals surface area contributed by atoms with Crippen molar-refractivity contribution in [3.63, 3.8) is 0 Å². The molecular weight excluding hydrogens is 222 g/mol. The van der Waals surface area contributed by atoms with E-state index in [-0.39, 0.29) is 6.04 Å². The first-order valence-electron chi connectivity index (χ1n) is 5.05. The maximum absolute atomic E-state index is 10.9. The number of pyridine rings is 1. The van der Waals surface area contributed by atoms with E-state index in [2.05, 4.69) is 10.3 Å². The molecule has 4 nitrogen and oxygen atoms in total. The Kier molecular flexibility index (Phi) is 4.93. The van der Waals surface area contributed by atoms with E-state index in [9.17, 15) is 4.21 Å². The Labute approximate surface area is 98.2 Å². The molecule has 0 saturated carbocycles. The molecule has 1 aromatic rings. The van der Waals surface area contributed by atoms with Crippen molar-refractivity contribution in [2.24, 2.45) is 0 Å². The molecule has 0 radical (unpaired) electrons. The molecular formula is C11H15N3OS. The topological polar surface area (TPSA) is 65.8 Å². The Morgan fingerprint density at radius 3 is 3.06 bits per heavy atom. The van der Waals surface area contributed by atoms with E-state index in [0.717, 1.165) is 12.1 Å². The standard InChI is InChI=1S/C11H15N3OS/c1-9(5-7-16(2)15)14-10-4-3-6-13-11(10)8-12/h3-4,6,9,14H,5,7H2,1-2H3. The van der Waals surface area contributed by atoms with Crippen LogP contribution in [0.25, 0.3) is 0 Å². The number of aromatic nitrogens is 1. The summed E-state index contributed by atoms with van der Waals surface area (Å²) in [5.41, 5.74) is 1.13. The first kappa shape index (κ1) is 12.7. The van der Waals surface area contributed by atoms with E-state index in [0.29, 0.717) is 11.4 Å². The minimum atomic E-state index is -0.772. The molecule has 0 saturated heterocycles. The average molecular weight is 237 g/mol. The summed E-state index contributed by atoms with van der Waals surface area (Å²) in [6.07, 6.45) is 4.09. The quantitative estimate of drug-likeness (QED) is 0.843. The summed E-state index contributed by atoms with van der Waals surface area (Å²) in [5, 5.41) is 12.0. The number of hydrogen-bond acceptors (Lipinski definition) is 4. The van der Waals surface area contributed by atoms with Crippen molar-refractivity contribution in [3.05, 3.63) is 24.0 Å². The maximum atomic E-state index is 10.9. The highest BCUT2D eigenvalue weighted by molar-refractivity contribution is 7.84. The van der Waals surface area contributed by atoms with Crippen LogP contribution in [-0.2, 0) is 10.8 Å². The Balaban J connectivity index is 2.59. The zero-order valence-corrected chi connectivity index (χ0v) is 10.3. The van der Waals surface area contributed by atoms with E-state index in [1.165, 1.54) is 0 Å². The Bertz CT molecular complexity index is 414. The van der Waals surface area contributed by atoms with Gasteiger partial charge in [0.15, 0.2) is 5.69 Å². The van der Waals surface area contributed by atoms with Crippen LogP contribution in [0.4, 0.5) is 5.69 Å². The molecule has 86 valence electrons. The zero-order valence-electron chi connectivity index (χ0n) is 9.43. The Hall–Kier alpha value is -1.41. The molecule has 1 N–H and O–H groups in total. The Morgan fingerprint density at radius 1 is 1.69 bits per heavy atom. The second kappa shape index (κ2) is 6.23. The van der Waals surface area contributed by atoms with Gasteiger partial charge in [0, 0.05) is 35.0 Å². The molecule has 16 heavy (non-hydrogen) atoms. The smallest absolute Gasteiger partial charge is 0.163 e. The first-order chi connectivity index (χ1) is 7.63. The second-order valence-electron chi connectivity index (χ2n) is 3.62. The molecule has 0 aromatic carbocycles. The number of hydrogen-bond donors (Lipinski definition) is 1. The lowest BCUT2D eigenvalue weighted by molar-refractivity contribution is 0.678. The molecule has 0 amide bonds. The van der Waals surface area contributed by atoms with Crippen molar-refractivity contribution in [1.29, 1.82) is 5.26 Å². The molecule has 1 rings (SSSR count). The van der Waals surface area contributed by atoms with Crippen molar-refractivity contribution in [2.75, 3.05) is 17.3 Å². The van der Waals surface area contributed by atoms with E-state index < -0.39 is 10.8 Å². The van der Waals surface area contributed by atoms with E-state index in [4.69, 9.17) is 5.26 Å². The predicted octanol–water partition coefficient (Wildman–Crippen LogP) is 1.52. The summed E-state index contributed by atoms with van der Waals surface area (Å²) in [6, 6.07) is 5.82. The number of nitrogens with zero attached hydrogens (tertiary/aromatic N) is 2. The van der Waals surface area contributed by atoms with Gasteiger partial charge in [-0.05, 0) is 25.5 Å². The second-order valence-corrected chi connectivity index (χ2v) is 5.18. The van der Waals surface area contributed by atoms with Crippen LogP contribution in [0.1, 0.15) is 19.0 Å². The molecule has 5 heteroatoms. The summed E-state index contributed by atoms with van der Waals surface area (Å²) < 4.78 is 10.9. The number of rotatable bonds is 5. The minimum absolute atomic E-state index is 0.181. The SMILES string of the molecule is CC(CCS(C)=O)Nc1cccnc1C#N. The van der Waals surface area contributed by atoms with Crippen LogP contribution in [-0.4, -0.2) is 27.2 Å². The largest absolute Gasteiger partial charge is 0.380 e. The van der Waals surface area contributed by atoms with Crippen molar-refractivity contribution in [2.45, 2.75) is 19.4 Å². The molecule has 0 spiro atoms. The summed E-state index contributed by atoms with van der Waals surface area (Å²) in [6.45, 7) is 2.00. The third-order valence-corrected chi connectivity index (χ3v) is 2.96. The summed E-state index contributed by atoms with van der Waals surface area (Å²) in [5.74, 6) is 0.663. The fourth-order valence-corrected chi connectivity index (χ4v) is 1.98. The highest BCUT2D eigenvalue weighted by atomic mass is 32.2. The van der Waals surface area contributed by atoms with Crippen LogP contribution >= 0.6 is 0 Å². The molecule has 2 unspecified atom stereocenters. The van der Waals surface area contributed by atoms with Gasteiger partial charge in [-0.2, -0.15) is 5.26 Å². The van der Waals surface area contributed by atoms with Gasteiger partial charge < -0.3 is 5.32 Å². The lowest BCUT2D eigenvalue weighted by Gasteiger charge is -2.14. The van der Waals surface area contributed by atoms with Crippen LogP contribution in [0.15, 0.2) is 18.3 Å². The van der Waals surface area contributed by atoms with Crippen LogP contribution in [0, 0.1) is 11.3 Å². The molecule has 0 aliphatic heterocycles. The Morgan fingerprint density at radius 2 is 2.44 bits per heavy atom. The lowest BCUT2D eigenvalue weighted by atomic mass is 10.2. The fourth-order valence-electron chi connectivity index (χ4n) is 1.29. The van der Waals surface area contributed by atoms with Gasteiger partial charge in [0.05, 0.1) is 5.69 Å². The van der Waals surface area contributed by atoms with Crippen LogP contribution in [0.5, 0.6) is 0 Å². The van der Waals surface area contributed by atoms with E-state index >= 15 is 0 Å². The maximum Gasteiger partial charge on any atom is 0.163 e. The van der Waals surface area contributed by atoms with Gasteiger partial charge in [-0.3, -0.25) is 4.21 Å². The lowest BCUT2D eigenvalue weighted by Crippen LogP contribution is -2.18. The molecule has 2 atom stereocenters. The summed E-state index contributed by atoms with van der Waals surface area (Å²) in [7, 11) is -0.772. The highest BCUT2D eigenvalue weighted by Crippen LogP contribution is 2.13. The highest BCUT2D eigenvalue weighted by Gasteiger charge is 2.07. The van der Waals surface area contributed by atoms with Gasteiger partial charge >= 0.3 is 0 Å². The van der Waals surface area contributed by atoms with Gasteiger partial charge in [0.25, 0.3) is 0 Å². The monoisotopic (exact) mass is 237 g/mol. The molecule has 0 aliphatic carbocycles. The third kappa shape index (κ3) is 3.99. The normalized spacial score (nSPS) is 13.8. The molecule has 1 aromatic heterocycles. The predicted molar refractivity (Wildman–Crippen MR) is 65.6 cm³/mol. The van der Waals surface area contributed by atoms with Crippen molar-refractivity contribution >= 4 is 16.5 Å². The number of nitriles is 1. The van der Waals surface area contributed by atoms with E-state index in [1.54, 1.807) is 18.5 Å². The number of nitrogens with one attached hydrogen (secondary N) is 1. The van der Waals surface area contributed by atoms with Gasteiger partial charge in [-0.15, -0.1) is 0 Å². The van der Waals surface area contributed by atoms with Gasteiger partial charge in [-0.1, -0.05) is 0 Å². The molecule has 1 heterocycles. The van der Waals surface area contributed by atoms with Crippen LogP contribution in [0.2, 0.25) is 0 Å². The van der Waals surface area contributed by atoms with Gasteiger partial charge in [0.1, 0.15) is 6.07 Å². The van der Waals surface area contributed by atoms with Crippen molar-refractivity contribution < 1.29 is 4.21 Å². The number of anilines is 1. The molecule has 0 aliphatic rings. The summed E-state index contributed by atoms with van der Waals surface area (Å²) >= 11 is 0. The van der Waals surface area contributed by atoms with Crippen molar-refractivity contribution in [1.82, 2.24) is 4.98 Å². The summed E-state index contributed by atoms with van der Waals surface area (Å²) in [4.78, 5) is 3.96. The van der Waals surface area contributed by atoms with Gasteiger partial charge in [0.2, 0.25) is 0 Å².